The smallest absolute Gasteiger partial charge is 0.275 e. The molecule has 0 aliphatic heterocycles. The van der Waals surface area contributed by atoms with Crippen molar-refractivity contribution in [2.24, 2.45) is 7.05 Å². The highest BCUT2D eigenvalue weighted by Gasteiger charge is 2.18. The molecule has 1 N–H and O–H groups in total. The lowest BCUT2D eigenvalue weighted by Crippen LogP contribution is -2.16. The van der Waals surface area contributed by atoms with E-state index in [9.17, 15) is 4.79 Å². The van der Waals surface area contributed by atoms with Gasteiger partial charge in [-0.3, -0.25) is 9.48 Å². The predicted octanol–water partition coefficient (Wildman–Crippen LogP) is 3.20. The zero-order valence-electron chi connectivity index (χ0n) is 11.2. The lowest BCUT2D eigenvalue weighted by molar-refractivity contribution is 0.101. The van der Waals surface area contributed by atoms with Crippen molar-refractivity contribution in [3.8, 4) is 0 Å². The number of hydrogen-bond donors (Lipinski definition) is 1. The number of nitrogens with zero attached hydrogens (tertiary/aromatic N) is 2. The first-order valence-corrected chi connectivity index (χ1v) is 6.50. The lowest BCUT2D eigenvalue weighted by atomic mass is 10.1. The fraction of sp³-hybridized carbons (Fsp3) is 0.286. The molecule has 0 bridgehead atoms. The molecule has 0 atom stereocenters. The molecule has 1 amide bonds. The molecule has 2 aromatic rings. The van der Waals surface area contributed by atoms with Crippen molar-refractivity contribution in [1.82, 2.24) is 9.78 Å². The van der Waals surface area contributed by atoms with E-state index in [1.54, 1.807) is 14.0 Å². The zero-order valence-corrected chi connectivity index (χ0v) is 12.0. The Bertz CT molecular complexity index is 602. The number of nitrogens with one attached hydrogen (secondary N) is 1. The molecule has 4 nitrogen and oxygen atoms in total. The first kappa shape index (κ1) is 13.6. The van der Waals surface area contributed by atoms with E-state index >= 15 is 0 Å². The van der Waals surface area contributed by atoms with Gasteiger partial charge in [0, 0.05) is 12.7 Å². The van der Waals surface area contributed by atoms with Gasteiger partial charge in [0.25, 0.3) is 5.91 Å². The van der Waals surface area contributed by atoms with Crippen molar-refractivity contribution in [1.29, 1.82) is 0 Å². The summed E-state index contributed by atoms with van der Waals surface area (Å²) in [6, 6.07) is 7.75. The Labute approximate surface area is 117 Å². The number of benzene rings is 1. The summed E-state index contributed by atoms with van der Waals surface area (Å²) >= 11 is 6.08. The molecule has 0 saturated heterocycles. The van der Waals surface area contributed by atoms with Crippen LogP contribution in [0.25, 0.3) is 0 Å². The van der Waals surface area contributed by atoms with Crippen molar-refractivity contribution < 1.29 is 4.79 Å². The molecule has 100 valence electrons. The van der Waals surface area contributed by atoms with Crippen LogP contribution in [-0.2, 0) is 13.5 Å². The Hall–Kier alpha value is -1.81. The molecule has 0 fully saturated rings. The normalized spacial score (nSPS) is 10.5. The van der Waals surface area contributed by atoms with Gasteiger partial charge in [-0.25, -0.2) is 0 Å². The molecule has 19 heavy (non-hydrogen) atoms. The molecule has 0 aliphatic carbocycles. The molecule has 2 rings (SSSR count). The summed E-state index contributed by atoms with van der Waals surface area (Å²) < 4.78 is 1.49. The van der Waals surface area contributed by atoms with Gasteiger partial charge in [0.05, 0.1) is 10.7 Å². The molecule has 1 aromatic heterocycles. The van der Waals surface area contributed by atoms with E-state index in [0.29, 0.717) is 16.4 Å². The maximum atomic E-state index is 12.2. The highest BCUT2D eigenvalue weighted by Crippen LogP contribution is 2.20. The first-order chi connectivity index (χ1) is 9.02. The molecule has 0 saturated carbocycles. The van der Waals surface area contributed by atoms with Crippen LogP contribution in [0.1, 0.15) is 28.7 Å². The summed E-state index contributed by atoms with van der Waals surface area (Å²) in [5.41, 5.74) is 3.00. The van der Waals surface area contributed by atoms with Gasteiger partial charge < -0.3 is 5.32 Å². The molecular weight excluding hydrogens is 262 g/mol. The third kappa shape index (κ3) is 2.79. The second-order valence-corrected chi connectivity index (χ2v) is 4.75. The summed E-state index contributed by atoms with van der Waals surface area (Å²) in [5, 5.41) is 7.34. The van der Waals surface area contributed by atoms with E-state index in [0.717, 1.165) is 12.1 Å². The van der Waals surface area contributed by atoms with Crippen molar-refractivity contribution in [3.63, 3.8) is 0 Å². The first-order valence-electron chi connectivity index (χ1n) is 6.12. The minimum absolute atomic E-state index is 0.252. The van der Waals surface area contributed by atoms with Gasteiger partial charge in [-0.05, 0) is 31.0 Å². The largest absolute Gasteiger partial charge is 0.321 e. The summed E-state index contributed by atoms with van der Waals surface area (Å²) in [4.78, 5) is 12.2. The van der Waals surface area contributed by atoms with Gasteiger partial charge in [-0.15, -0.1) is 0 Å². The minimum Gasteiger partial charge on any atom is -0.321 e. The average molecular weight is 278 g/mol. The monoisotopic (exact) mass is 277 g/mol. The van der Waals surface area contributed by atoms with Gasteiger partial charge in [-0.2, -0.15) is 5.10 Å². The summed E-state index contributed by atoms with van der Waals surface area (Å²) in [6.45, 7) is 3.86. The molecule has 0 aliphatic rings. The number of aryl methyl sites for hydroxylation is 3. The zero-order chi connectivity index (χ0) is 14.0. The standard InChI is InChI=1S/C14H16ClN3O/c1-4-10-5-7-11(8-6-10)16-14(19)13-12(15)9(2)17-18(13)3/h5-8H,4H2,1-3H3,(H,16,19). The third-order valence-corrected chi connectivity index (χ3v) is 3.44. The number of amides is 1. The van der Waals surface area contributed by atoms with Crippen LogP contribution in [0.3, 0.4) is 0 Å². The number of carbonyl (C=O) groups is 1. The van der Waals surface area contributed by atoms with Gasteiger partial charge in [0.2, 0.25) is 0 Å². The molecule has 0 unspecified atom stereocenters. The van der Waals surface area contributed by atoms with Gasteiger partial charge in [-0.1, -0.05) is 30.7 Å². The van der Waals surface area contributed by atoms with Crippen molar-refractivity contribution >= 4 is 23.2 Å². The van der Waals surface area contributed by atoms with E-state index in [-0.39, 0.29) is 5.91 Å². The third-order valence-electron chi connectivity index (χ3n) is 2.98. The average Bonchev–Trinajstić information content (AvgIpc) is 2.64. The Kier molecular flexibility index (Phi) is 3.90. The summed E-state index contributed by atoms with van der Waals surface area (Å²) in [5.74, 6) is -0.252. The van der Waals surface area contributed by atoms with Crippen LogP contribution >= 0.6 is 11.6 Å². The SMILES string of the molecule is CCc1ccc(NC(=O)c2c(Cl)c(C)nn2C)cc1. The highest BCUT2D eigenvalue weighted by atomic mass is 35.5. The quantitative estimate of drug-likeness (QED) is 0.936. The number of aromatic nitrogens is 2. The number of hydrogen-bond acceptors (Lipinski definition) is 2. The molecular formula is C14H16ClN3O. The van der Waals surface area contributed by atoms with Crippen molar-refractivity contribution in [2.75, 3.05) is 5.32 Å². The Balaban J connectivity index is 2.20. The minimum atomic E-state index is -0.252. The van der Waals surface area contributed by atoms with E-state index < -0.39 is 0 Å². The van der Waals surface area contributed by atoms with Crippen molar-refractivity contribution in [2.45, 2.75) is 20.3 Å². The van der Waals surface area contributed by atoms with Crippen molar-refractivity contribution in [3.05, 3.63) is 46.2 Å². The Morgan fingerprint density at radius 2 is 2.00 bits per heavy atom. The molecule has 0 radical (unpaired) electrons. The highest BCUT2D eigenvalue weighted by molar-refractivity contribution is 6.34. The molecule has 1 heterocycles. The summed E-state index contributed by atoms with van der Waals surface area (Å²) in [7, 11) is 1.70. The Morgan fingerprint density at radius 3 is 2.47 bits per heavy atom. The van der Waals surface area contributed by atoms with Crippen LogP contribution in [0.4, 0.5) is 5.69 Å². The fourth-order valence-electron chi connectivity index (χ4n) is 1.89. The maximum Gasteiger partial charge on any atom is 0.275 e. The van der Waals surface area contributed by atoms with E-state index in [4.69, 9.17) is 11.6 Å². The second-order valence-electron chi connectivity index (χ2n) is 4.38. The van der Waals surface area contributed by atoms with E-state index in [1.807, 2.05) is 24.3 Å². The van der Waals surface area contributed by atoms with Gasteiger partial charge in [0.1, 0.15) is 5.69 Å². The van der Waals surface area contributed by atoms with Crippen LogP contribution in [0, 0.1) is 6.92 Å². The maximum absolute atomic E-state index is 12.2. The number of halogens is 1. The van der Waals surface area contributed by atoms with E-state index in [1.165, 1.54) is 10.2 Å². The number of rotatable bonds is 3. The van der Waals surface area contributed by atoms with E-state index in [2.05, 4.69) is 17.3 Å². The van der Waals surface area contributed by atoms with Crippen LogP contribution in [0.15, 0.2) is 24.3 Å². The second kappa shape index (κ2) is 5.45. The Morgan fingerprint density at radius 1 is 1.37 bits per heavy atom. The summed E-state index contributed by atoms with van der Waals surface area (Å²) in [6.07, 6.45) is 0.973. The topological polar surface area (TPSA) is 46.9 Å². The van der Waals surface area contributed by atoms with Crippen LogP contribution < -0.4 is 5.32 Å². The lowest BCUT2D eigenvalue weighted by Gasteiger charge is -2.06. The molecule has 5 heteroatoms. The fourth-order valence-corrected chi connectivity index (χ4v) is 2.14. The van der Waals surface area contributed by atoms with Gasteiger partial charge in [0.15, 0.2) is 0 Å². The van der Waals surface area contributed by atoms with Crippen LogP contribution in [0.5, 0.6) is 0 Å². The predicted molar refractivity (Wildman–Crippen MR) is 76.7 cm³/mol. The molecule has 1 aromatic carbocycles. The van der Waals surface area contributed by atoms with Gasteiger partial charge >= 0.3 is 0 Å². The number of carbonyl (C=O) groups excluding carboxylic acids is 1. The van der Waals surface area contributed by atoms with Crippen LogP contribution in [0.2, 0.25) is 5.02 Å². The van der Waals surface area contributed by atoms with Crippen LogP contribution in [-0.4, -0.2) is 15.7 Å². The number of anilines is 1. The molecule has 0 spiro atoms.